The smallest absolute Gasteiger partial charge is 0.264 e. The number of ether oxygens (including phenoxy) is 1. The van der Waals surface area contributed by atoms with E-state index in [0.717, 1.165) is 17.7 Å². The Morgan fingerprint density at radius 3 is 2.52 bits per heavy atom. The van der Waals surface area contributed by atoms with Crippen molar-refractivity contribution in [1.29, 1.82) is 0 Å². The standard InChI is InChI=1S/C21H21N3O4S/c1-15-16(2)22-28-21(15)23-29(25,26)20-6-4-3-5-19(20)18-9-7-17(8-10-18)13-24-11-12-27-14-24/h3-12,23H,13-14H2,1-2H3. The van der Waals surface area contributed by atoms with Crippen LogP contribution in [0.5, 0.6) is 0 Å². The minimum Gasteiger partial charge on any atom is -0.479 e. The Hall–Kier alpha value is -3.26. The van der Waals surface area contributed by atoms with E-state index in [1.165, 1.54) is 0 Å². The van der Waals surface area contributed by atoms with E-state index < -0.39 is 10.0 Å². The van der Waals surface area contributed by atoms with Gasteiger partial charge in [-0.1, -0.05) is 47.6 Å². The van der Waals surface area contributed by atoms with Crippen LogP contribution < -0.4 is 4.72 Å². The third kappa shape index (κ3) is 3.97. The number of benzene rings is 2. The lowest BCUT2D eigenvalue weighted by Gasteiger charge is -2.15. The van der Waals surface area contributed by atoms with E-state index in [0.29, 0.717) is 23.6 Å². The highest BCUT2D eigenvalue weighted by Gasteiger charge is 2.22. The number of nitrogens with one attached hydrogen (secondary N) is 1. The molecule has 0 saturated carbocycles. The number of aromatic nitrogens is 1. The number of nitrogens with zero attached hydrogens (tertiary/aromatic N) is 2. The van der Waals surface area contributed by atoms with E-state index in [-0.39, 0.29) is 10.8 Å². The van der Waals surface area contributed by atoms with Crippen LogP contribution >= 0.6 is 0 Å². The van der Waals surface area contributed by atoms with Crippen molar-refractivity contribution >= 4 is 15.9 Å². The van der Waals surface area contributed by atoms with Crippen molar-refractivity contribution in [3.8, 4) is 11.1 Å². The monoisotopic (exact) mass is 411 g/mol. The minimum atomic E-state index is -3.85. The number of anilines is 1. The predicted molar refractivity (Wildman–Crippen MR) is 109 cm³/mol. The lowest BCUT2D eigenvalue weighted by atomic mass is 10.0. The summed E-state index contributed by atoms with van der Waals surface area (Å²) in [7, 11) is -3.85. The van der Waals surface area contributed by atoms with Gasteiger partial charge in [-0.05, 0) is 31.0 Å². The zero-order chi connectivity index (χ0) is 20.4. The van der Waals surface area contributed by atoms with Gasteiger partial charge in [0.05, 0.1) is 10.6 Å². The molecular formula is C21H21N3O4S. The molecule has 7 nitrogen and oxygen atoms in total. The summed E-state index contributed by atoms with van der Waals surface area (Å²) >= 11 is 0. The molecule has 2 aromatic carbocycles. The summed E-state index contributed by atoms with van der Waals surface area (Å²) < 4.78 is 38.9. The summed E-state index contributed by atoms with van der Waals surface area (Å²) in [5, 5.41) is 3.81. The second-order valence-electron chi connectivity index (χ2n) is 6.85. The van der Waals surface area contributed by atoms with Crippen LogP contribution in [-0.2, 0) is 21.3 Å². The maximum atomic E-state index is 13.0. The van der Waals surface area contributed by atoms with E-state index in [1.54, 1.807) is 38.3 Å². The normalized spacial score (nSPS) is 13.5. The summed E-state index contributed by atoms with van der Waals surface area (Å²) in [6, 6.07) is 14.7. The number of rotatable bonds is 6. The Bertz CT molecular complexity index is 1150. The highest BCUT2D eigenvalue weighted by Crippen LogP contribution is 2.30. The van der Waals surface area contributed by atoms with Crippen LogP contribution in [0.3, 0.4) is 0 Å². The highest BCUT2D eigenvalue weighted by molar-refractivity contribution is 7.92. The average Bonchev–Trinajstić information content (AvgIpc) is 3.34. The van der Waals surface area contributed by atoms with E-state index in [2.05, 4.69) is 9.88 Å². The number of hydrogen-bond acceptors (Lipinski definition) is 6. The van der Waals surface area contributed by atoms with Gasteiger partial charge in [0, 0.05) is 23.9 Å². The van der Waals surface area contributed by atoms with Crippen LogP contribution in [0.15, 0.2) is 70.4 Å². The molecule has 0 atom stereocenters. The molecule has 1 aromatic heterocycles. The van der Waals surface area contributed by atoms with Crippen molar-refractivity contribution in [3.63, 3.8) is 0 Å². The molecule has 150 valence electrons. The molecule has 1 aliphatic rings. The molecule has 0 bridgehead atoms. The Kier molecular flexibility index (Phi) is 5.02. The fourth-order valence-electron chi connectivity index (χ4n) is 3.06. The van der Waals surface area contributed by atoms with Crippen LogP contribution in [0, 0.1) is 13.8 Å². The molecular weight excluding hydrogens is 390 g/mol. The van der Waals surface area contributed by atoms with Gasteiger partial charge < -0.3 is 14.2 Å². The molecule has 0 aliphatic carbocycles. The Morgan fingerprint density at radius 2 is 1.86 bits per heavy atom. The third-order valence-corrected chi connectivity index (χ3v) is 6.21. The number of aryl methyl sites for hydroxylation is 1. The van der Waals surface area contributed by atoms with Gasteiger partial charge in [-0.25, -0.2) is 13.1 Å². The van der Waals surface area contributed by atoms with Crippen LogP contribution in [0.25, 0.3) is 11.1 Å². The zero-order valence-electron chi connectivity index (χ0n) is 16.1. The lowest BCUT2D eigenvalue weighted by Crippen LogP contribution is -2.14. The van der Waals surface area contributed by atoms with Gasteiger partial charge in [-0.3, -0.25) is 0 Å². The molecule has 0 spiro atoms. The van der Waals surface area contributed by atoms with Crippen molar-refractivity contribution < 1.29 is 17.7 Å². The molecule has 0 fully saturated rings. The minimum absolute atomic E-state index is 0.133. The van der Waals surface area contributed by atoms with Gasteiger partial charge in [0.1, 0.15) is 6.26 Å². The van der Waals surface area contributed by atoms with E-state index in [1.807, 2.05) is 41.4 Å². The topological polar surface area (TPSA) is 84.7 Å². The summed E-state index contributed by atoms with van der Waals surface area (Å²) in [5.41, 5.74) is 3.84. The first-order valence-electron chi connectivity index (χ1n) is 9.10. The quantitative estimate of drug-likeness (QED) is 0.659. The molecule has 0 amide bonds. The maximum absolute atomic E-state index is 13.0. The molecule has 4 rings (SSSR count). The van der Waals surface area contributed by atoms with Crippen LogP contribution in [0.1, 0.15) is 16.8 Å². The van der Waals surface area contributed by atoms with Crippen molar-refractivity contribution in [1.82, 2.24) is 10.1 Å². The zero-order valence-corrected chi connectivity index (χ0v) is 16.9. The number of sulfonamides is 1. The molecule has 2 heterocycles. The Morgan fingerprint density at radius 1 is 1.10 bits per heavy atom. The van der Waals surface area contributed by atoms with Crippen molar-refractivity contribution in [2.75, 3.05) is 11.5 Å². The van der Waals surface area contributed by atoms with Gasteiger partial charge in [0.25, 0.3) is 10.0 Å². The highest BCUT2D eigenvalue weighted by atomic mass is 32.2. The lowest BCUT2D eigenvalue weighted by molar-refractivity contribution is 0.167. The molecule has 0 saturated heterocycles. The Balaban J connectivity index is 1.62. The SMILES string of the molecule is Cc1noc(NS(=O)(=O)c2ccccc2-c2ccc(CN3C=COC3)cc2)c1C. The van der Waals surface area contributed by atoms with Crippen LogP contribution in [-0.4, -0.2) is 25.2 Å². The third-order valence-electron chi connectivity index (χ3n) is 4.82. The molecule has 29 heavy (non-hydrogen) atoms. The summed E-state index contributed by atoms with van der Waals surface area (Å²) in [6.07, 6.45) is 3.56. The van der Waals surface area contributed by atoms with Gasteiger partial charge in [0.2, 0.25) is 5.88 Å². The van der Waals surface area contributed by atoms with E-state index >= 15 is 0 Å². The maximum Gasteiger partial charge on any atom is 0.264 e. The fraction of sp³-hybridized carbons (Fsp3) is 0.190. The molecule has 0 radical (unpaired) electrons. The van der Waals surface area contributed by atoms with Crippen molar-refractivity contribution in [2.24, 2.45) is 0 Å². The summed E-state index contributed by atoms with van der Waals surface area (Å²) in [5.74, 6) is 0.133. The molecule has 8 heteroatoms. The van der Waals surface area contributed by atoms with E-state index in [9.17, 15) is 8.42 Å². The van der Waals surface area contributed by atoms with E-state index in [4.69, 9.17) is 9.26 Å². The second kappa shape index (κ2) is 7.63. The molecule has 1 aliphatic heterocycles. The fourth-order valence-corrected chi connectivity index (χ4v) is 4.34. The number of hydrogen-bond donors (Lipinski definition) is 1. The summed E-state index contributed by atoms with van der Waals surface area (Å²) in [4.78, 5) is 2.22. The van der Waals surface area contributed by atoms with Crippen molar-refractivity contribution in [2.45, 2.75) is 25.3 Å². The summed E-state index contributed by atoms with van der Waals surface area (Å²) in [6.45, 7) is 4.78. The first kappa shape index (κ1) is 19.1. The predicted octanol–water partition coefficient (Wildman–Crippen LogP) is 4.02. The van der Waals surface area contributed by atoms with Crippen LogP contribution in [0.2, 0.25) is 0 Å². The average molecular weight is 411 g/mol. The second-order valence-corrected chi connectivity index (χ2v) is 8.50. The molecule has 0 unspecified atom stereocenters. The Labute approximate surface area is 169 Å². The van der Waals surface area contributed by atoms with Gasteiger partial charge >= 0.3 is 0 Å². The largest absolute Gasteiger partial charge is 0.479 e. The molecule has 1 N–H and O–H groups in total. The first-order valence-corrected chi connectivity index (χ1v) is 10.6. The van der Waals surface area contributed by atoms with Gasteiger partial charge in [-0.2, -0.15) is 0 Å². The molecule has 3 aromatic rings. The van der Waals surface area contributed by atoms with Gasteiger partial charge in [0.15, 0.2) is 6.73 Å². The van der Waals surface area contributed by atoms with Crippen LogP contribution in [0.4, 0.5) is 5.88 Å². The van der Waals surface area contributed by atoms with Gasteiger partial charge in [-0.15, -0.1) is 0 Å². The first-order chi connectivity index (χ1) is 13.9. The van der Waals surface area contributed by atoms with Crippen molar-refractivity contribution in [3.05, 3.63) is 77.8 Å².